The first-order valence-electron chi connectivity index (χ1n) is 10.4. The number of thioether (sulfide) groups is 1. The molecule has 2 heterocycles. The first-order valence-corrected chi connectivity index (χ1v) is 11.8. The van der Waals surface area contributed by atoms with Gasteiger partial charge in [0, 0.05) is 18.8 Å². The van der Waals surface area contributed by atoms with E-state index in [2.05, 4.69) is 17.1 Å². The molecule has 0 bridgehead atoms. The third kappa shape index (κ3) is 5.40. The molecule has 0 spiro atoms. The van der Waals surface area contributed by atoms with Gasteiger partial charge in [-0.05, 0) is 43.0 Å². The second-order valence-electron chi connectivity index (χ2n) is 7.64. The van der Waals surface area contributed by atoms with Crippen LogP contribution in [0.2, 0.25) is 5.02 Å². The number of nitrogens with zero attached hydrogens (tertiary/aromatic N) is 4. The highest BCUT2D eigenvalue weighted by atomic mass is 35.5. The Morgan fingerprint density at radius 1 is 1.10 bits per heavy atom. The number of amides is 1. The van der Waals surface area contributed by atoms with Crippen LogP contribution in [0.15, 0.2) is 59.8 Å². The number of hydrogen-bond donors (Lipinski definition) is 0. The fraction of sp³-hybridized carbons (Fsp3) is 0.348. The predicted octanol–water partition coefficient (Wildman–Crippen LogP) is 4.85. The van der Waals surface area contributed by atoms with Gasteiger partial charge in [-0.2, -0.15) is 0 Å². The number of likely N-dealkylation sites (tertiary alicyclic amines) is 1. The molecule has 31 heavy (non-hydrogen) atoms. The first-order chi connectivity index (χ1) is 15.1. The lowest BCUT2D eigenvalue weighted by atomic mass is 9.99. The number of carbonyl (C=O) groups is 1. The van der Waals surface area contributed by atoms with E-state index >= 15 is 0 Å². The summed E-state index contributed by atoms with van der Waals surface area (Å²) in [4.78, 5) is 14.6. The molecule has 1 aliphatic heterocycles. The van der Waals surface area contributed by atoms with Crippen molar-refractivity contribution in [3.05, 3.63) is 65.4 Å². The summed E-state index contributed by atoms with van der Waals surface area (Å²) in [5, 5.41) is 9.90. The Hall–Kier alpha value is -2.51. The van der Waals surface area contributed by atoms with E-state index in [9.17, 15) is 4.79 Å². The lowest BCUT2D eigenvalue weighted by Gasteiger charge is -2.30. The fourth-order valence-electron chi connectivity index (χ4n) is 3.50. The van der Waals surface area contributed by atoms with Crippen LogP contribution in [-0.2, 0) is 11.4 Å². The summed E-state index contributed by atoms with van der Waals surface area (Å²) < 4.78 is 7.83. The molecule has 0 N–H and O–H groups in total. The minimum absolute atomic E-state index is 0.147. The maximum Gasteiger partial charge on any atom is 0.233 e. The summed E-state index contributed by atoms with van der Waals surface area (Å²) in [6.07, 6.45) is 2.14. The number of aromatic nitrogens is 3. The second-order valence-corrected chi connectivity index (χ2v) is 8.99. The lowest BCUT2D eigenvalue weighted by Crippen LogP contribution is -2.38. The van der Waals surface area contributed by atoms with Crippen molar-refractivity contribution >= 4 is 29.3 Å². The van der Waals surface area contributed by atoms with E-state index in [0.29, 0.717) is 33.4 Å². The van der Waals surface area contributed by atoms with Crippen molar-refractivity contribution in [1.82, 2.24) is 19.7 Å². The van der Waals surface area contributed by atoms with E-state index in [-0.39, 0.29) is 12.5 Å². The molecular formula is C23H25ClN4O2S. The van der Waals surface area contributed by atoms with Crippen LogP contribution in [0.4, 0.5) is 0 Å². The summed E-state index contributed by atoms with van der Waals surface area (Å²) in [5.74, 6) is 2.42. The number of ether oxygens (including phenoxy) is 1. The van der Waals surface area contributed by atoms with Crippen molar-refractivity contribution in [2.24, 2.45) is 5.92 Å². The van der Waals surface area contributed by atoms with Gasteiger partial charge in [0.25, 0.3) is 0 Å². The molecule has 0 saturated carbocycles. The molecule has 0 radical (unpaired) electrons. The van der Waals surface area contributed by atoms with Crippen LogP contribution < -0.4 is 4.74 Å². The molecule has 3 aromatic rings. The zero-order valence-electron chi connectivity index (χ0n) is 17.4. The molecule has 1 aliphatic rings. The molecule has 6 nitrogen and oxygen atoms in total. The number of hydrogen-bond acceptors (Lipinski definition) is 5. The van der Waals surface area contributed by atoms with Crippen LogP contribution in [0.3, 0.4) is 0 Å². The summed E-state index contributed by atoms with van der Waals surface area (Å²) >= 11 is 7.61. The van der Waals surface area contributed by atoms with Crippen LogP contribution >= 0.6 is 23.4 Å². The van der Waals surface area contributed by atoms with Crippen LogP contribution in [0.5, 0.6) is 5.75 Å². The van der Waals surface area contributed by atoms with Gasteiger partial charge in [-0.1, -0.05) is 60.6 Å². The Bertz CT molecular complexity index is 1020. The van der Waals surface area contributed by atoms with Gasteiger partial charge in [0.2, 0.25) is 5.91 Å². The van der Waals surface area contributed by atoms with Gasteiger partial charge in [-0.15, -0.1) is 10.2 Å². The molecule has 0 atom stereocenters. The monoisotopic (exact) mass is 456 g/mol. The Morgan fingerprint density at radius 2 is 1.81 bits per heavy atom. The van der Waals surface area contributed by atoms with E-state index < -0.39 is 0 Å². The van der Waals surface area contributed by atoms with Gasteiger partial charge in [0.1, 0.15) is 12.4 Å². The normalized spacial score (nSPS) is 14.6. The SMILES string of the molecule is CC1CCN(C(=O)CSc2nnc(COc3ccccc3Cl)n2-c2ccccc2)CC1. The lowest BCUT2D eigenvalue weighted by molar-refractivity contribution is -0.129. The third-order valence-corrected chi connectivity index (χ3v) is 6.60. The van der Waals surface area contributed by atoms with Gasteiger partial charge in [0.15, 0.2) is 11.0 Å². The zero-order chi connectivity index (χ0) is 21.6. The van der Waals surface area contributed by atoms with Crippen molar-refractivity contribution in [2.75, 3.05) is 18.8 Å². The minimum Gasteiger partial charge on any atom is -0.484 e. The third-order valence-electron chi connectivity index (χ3n) is 5.37. The van der Waals surface area contributed by atoms with Crippen molar-refractivity contribution in [2.45, 2.75) is 31.5 Å². The number of para-hydroxylation sites is 2. The molecule has 2 aromatic carbocycles. The Morgan fingerprint density at radius 3 is 2.55 bits per heavy atom. The van der Waals surface area contributed by atoms with Gasteiger partial charge >= 0.3 is 0 Å². The molecule has 1 aromatic heterocycles. The topological polar surface area (TPSA) is 60.3 Å². The maximum atomic E-state index is 12.7. The minimum atomic E-state index is 0.147. The number of rotatable bonds is 7. The summed E-state index contributed by atoms with van der Waals surface area (Å²) in [5.41, 5.74) is 0.923. The smallest absolute Gasteiger partial charge is 0.233 e. The molecule has 8 heteroatoms. The number of carbonyl (C=O) groups excluding carboxylic acids is 1. The van der Waals surface area contributed by atoms with Gasteiger partial charge < -0.3 is 9.64 Å². The average molecular weight is 457 g/mol. The standard InChI is InChI=1S/C23H25ClN4O2S/c1-17-11-13-27(14-12-17)22(29)16-31-23-26-25-21(28(23)18-7-3-2-4-8-18)15-30-20-10-6-5-9-19(20)24/h2-10,17H,11-16H2,1H3. The predicted molar refractivity (Wildman–Crippen MR) is 123 cm³/mol. The molecule has 0 aliphatic carbocycles. The van der Waals surface area contributed by atoms with Crippen molar-refractivity contribution in [3.8, 4) is 11.4 Å². The molecule has 0 unspecified atom stereocenters. The summed E-state index contributed by atoms with van der Waals surface area (Å²) in [6.45, 7) is 4.13. The van der Waals surface area contributed by atoms with Gasteiger partial charge in [-0.3, -0.25) is 9.36 Å². The number of piperidine rings is 1. The number of halogens is 1. The van der Waals surface area contributed by atoms with E-state index in [1.807, 2.05) is 58.0 Å². The van der Waals surface area contributed by atoms with E-state index in [0.717, 1.165) is 31.6 Å². The van der Waals surface area contributed by atoms with Crippen molar-refractivity contribution in [3.63, 3.8) is 0 Å². The van der Waals surface area contributed by atoms with Crippen LogP contribution in [0.1, 0.15) is 25.6 Å². The van der Waals surface area contributed by atoms with Crippen molar-refractivity contribution < 1.29 is 9.53 Å². The molecule has 1 fully saturated rings. The highest BCUT2D eigenvalue weighted by Crippen LogP contribution is 2.27. The molecule has 4 rings (SSSR count). The summed E-state index contributed by atoms with van der Waals surface area (Å²) in [6, 6.07) is 17.2. The Balaban J connectivity index is 1.49. The fourth-order valence-corrected chi connectivity index (χ4v) is 4.57. The largest absolute Gasteiger partial charge is 0.484 e. The second kappa shape index (κ2) is 10.2. The highest BCUT2D eigenvalue weighted by molar-refractivity contribution is 7.99. The Kier molecular flexibility index (Phi) is 7.14. The zero-order valence-corrected chi connectivity index (χ0v) is 19.0. The van der Waals surface area contributed by atoms with E-state index in [1.54, 1.807) is 6.07 Å². The quantitative estimate of drug-likeness (QED) is 0.475. The van der Waals surface area contributed by atoms with Gasteiger partial charge in [-0.25, -0.2) is 0 Å². The van der Waals surface area contributed by atoms with Gasteiger partial charge in [0.05, 0.1) is 10.8 Å². The summed E-state index contributed by atoms with van der Waals surface area (Å²) in [7, 11) is 0. The van der Waals surface area contributed by atoms with Crippen LogP contribution in [-0.4, -0.2) is 44.4 Å². The Labute approximate surface area is 191 Å². The van der Waals surface area contributed by atoms with E-state index in [4.69, 9.17) is 16.3 Å². The average Bonchev–Trinajstić information content (AvgIpc) is 3.21. The maximum absolute atomic E-state index is 12.7. The molecule has 162 valence electrons. The molecular weight excluding hydrogens is 432 g/mol. The number of benzene rings is 2. The molecule has 1 saturated heterocycles. The van der Waals surface area contributed by atoms with Crippen LogP contribution in [0, 0.1) is 5.92 Å². The highest BCUT2D eigenvalue weighted by Gasteiger charge is 2.22. The first kappa shape index (κ1) is 21.7. The van der Waals surface area contributed by atoms with Crippen LogP contribution in [0.25, 0.3) is 5.69 Å². The van der Waals surface area contributed by atoms with Crippen molar-refractivity contribution in [1.29, 1.82) is 0 Å². The molecule has 1 amide bonds. The van der Waals surface area contributed by atoms with E-state index in [1.165, 1.54) is 11.8 Å².